The second kappa shape index (κ2) is 5.40. The van der Waals surface area contributed by atoms with Crippen LogP contribution in [0.3, 0.4) is 0 Å². The van der Waals surface area contributed by atoms with E-state index >= 15 is 0 Å². The number of carbonyl (C=O) groups is 1. The largest absolute Gasteiger partial charge is 0.478 e. The van der Waals surface area contributed by atoms with Gasteiger partial charge in [0.05, 0.1) is 5.56 Å². The zero-order chi connectivity index (χ0) is 13.0. The minimum atomic E-state index is -0.907. The van der Waals surface area contributed by atoms with Gasteiger partial charge in [-0.2, -0.15) is 0 Å². The molecule has 2 aromatic rings. The maximum Gasteiger partial charge on any atom is 0.335 e. The van der Waals surface area contributed by atoms with Crippen LogP contribution in [0.5, 0.6) is 0 Å². The highest BCUT2D eigenvalue weighted by atomic mass is 16.4. The Morgan fingerprint density at radius 2 is 2.22 bits per heavy atom. The quantitative estimate of drug-likeness (QED) is 0.850. The van der Waals surface area contributed by atoms with Crippen LogP contribution in [0.1, 0.15) is 22.8 Å². The van der Waals surface area contributed by atoms with Crippen LogP contribution >= 0.6 is 0 Å². The van der Waals surface area contributed by atoms with Crippen molar-refractivity contribution in [2.45, 2.75) is 20.0 Å². The number of nitrogens with one attached hydrogen (secondary N) is 1. The topological polar surface area (TPSA) is 54.3 Å². The van der Waals surface area contributed by atoms with Crippen molar-refractivity contribution >= 4 is 11.7 Å². The van der Waals surface area contributed by atoms with Gasteiger partial charge >= 0.3 is 5.97 Å². The molecular weight excluding hydrogens is 228 g/mol. The minimum absolute atomic E-state index is 0.297. The second-order valence-electron chi connectivity index (χ2n) is 4.09. The number of nitrogens with zero attached hydrogens (tertiary/aromatic N) is 1. The van der Waals surface area contributed by atoms with Crippen LogP contribution in [0.2, 0.25) is 0 Å². The van der Waals surface area contributed by atoms with E-state index in [2.05, 4.69) is 29.1 Å². The molecule has 4 nitrogen and oxygen atoms in total. The molecule has 1 aromatic carbocycles. The van der Waals surface area contributed by atoms with Crippen molar-refractivity contribution in [3.8, 4) is 0 Å². The van der Waals surface area contributed by atoms with E-state index in [1.54, 1.807) is 18.2 Å². The van der Waals surface area contributed by atoms with Crippen molar-refractivity contribution in [3.05, 3.63) is 53.9 Å². The molecule has 0 radical (unpaired) electrons. The third-order valence-corrected chi connectivity index (χ3v) is 2.78. The Kier molecular flexibility index (Phi) is 3.67. The van der Waals surface area contributed by atoms with Gasteiger partial charge in [-0.1, -0.05) is 6.07 Å². The summed E-state index contributed by atoms with van der Waals surface area (Å²) >= 11 is 0. The van der Waals surface area contributed by atoms with Gasteiger partial charge in [-0.25, -0.2) is 4.79 Å². The maximum atomic E-state index is 10.8. The highest BCUT2D eigenvalue weighted by Crippen LogP contribution is 2.12. The normalized spacial score (nSPS) is 10.3. The number of carboxylic acid groups (broad SMARTS) is 1. The lowest BCUT2D eigenvalue weighted by Crippen LogP contribution is -2.01. The van der Waals surface area contributed by atoms with E-state index in [0.29, 0.717) is 12.1 Å². The van der Waals surface area contributed by atoms with Crippen molar-refractivity contribution in [1.82, 2.24) is 4.57 Å². The summed E-state index contributed by atoms with van der Waals surface area (Å²) < 4.78 is 2.10. The zero-order valence-corrected chi connectivity index (χ0v) is 10.3. The van der Waals surface area contributed by atoms with Crippen LogP contribution in [0.15, 0.2) is 42.7 Å². The van der Waals surface area contributed by atoms with Crippen molar-refractivity contribution < 1.29 is 9.90 Å². The number of hydrogen-bond acceptors (Lipinski definition) is 2. The molecule has 0 saturated carbocycles. The van der Waals surface area contributed by atoms with Gasteiger partial charge in [0.25, 0.3) is 0 Å². The smallest absolute Gasteiger partial charge is 0.335 e. The highest BCUT2D eigenvalue weighted by molar-refractivity contribution is 5.88. The van der Waals surface area contributed by atoms with Gasteiger partial charge in [0, 0.05) is 31.2 Å². The van der Waals surface area contributed by atoms with Crippen molar-refractivity contribution in [3.63, 3.8) is 0 Å². The summed E-state index contributed by atoms with van der Waals surface area (Å²) in [5.74, 6) is -0.907. The van der Waals surface area contributed by atoms with Crippen LogP contribution < -0.4 is 5.32 Å². The van der Waals surface area contributed by atoms with Gasteiger partial charge in [0.1, 0.15) is 0 Å². The van der Waals surface area contributed by atoms with Gasteiger partial charge in [-0.15, -0.1) is 0 Å². The lowest BCUT2D eigenvalue weighted by atomic mass is 10.2. The summed E-state index contributed by atoms with van der Waals surface area (Å²) in [6, 6.07) is 8.88. The summed E-state index contributed by atoms with van der Waals surface area (Å²) in [5.41, 5.74) is 2.29. The number of aromatic carboxylic acids is 1. The molecule has 94 valence electrons. The Labute approximate surface area is 106 Å². The summed E-state index contributed by atoms with van der Waals surface area (Å²) in [6.45, 7) is 3.73. The summed E-state index contributed by atoms with van der Waals surface area (Å²) in [5, 5.41) is 12.1. The third-order valence-electron chi connectivity index (χ3n) is 2.78. The third kappa shape index (κ3) is 2.91. The Morgan fingerprint density at radius 1 is 1.39 bits per heavy atom. The monoisotopic (exact) mass is 244 g/mol. The van der Waals surface area contributed by atoms with Gasteiger partial charge in [-0.05, 0) is 36.8 Å². The van der Waals surface area contributed by atoms with Gasteiger partial charge in [0.15, 0.2) is 0 Å². The van der Waals surface area contributed by atoms with Gasteiger partial charge < -0.3 is 15.0 Å². The Hall–Kier alpha value is -2.23. The highest BCUT2D eigenvalue weighted by Gasteiger charge is 2.03. The molecule has 1 heterocycles. The number of aromatic nitrogens is 1. The fraction of sp³-hybridized carbons (Fsp3) is 0.214. The van der Waals surface area contributed by atoms with E-state index in [-0.39, 0.29) is 0 Å². The van der Waals surface area contributed by atoms with Crippen molar-refractivity contribution in [2.24, 2.45) is 0 Å². The molecule has 18 heavy (non-hydrogen) atoms. The standard InChI is InChI=1S/C14H16N2O2/c1-2-16-7-6-11(10-16)9-15-13-5-3-4-12(8-13)14(17)18/h3-8,10,15H,2,9H2,1H3,(H,17,18). The number of anilines is 1. The molecule has 1 aromatic heterocycles. The molecule has 0 saturated heterocycles. The van der Waals surface area contributed by atoms with Crippen LogP contribution in [-0.2, 0) is 13.1 Å². The first-order chi connectivity index (χ1) is 8.69. The average molecular weight is 244 g/mol. The van der Waals surface area contributed by atoms with E-state index in [9.17, 15) is 4.79 Å². The Bertz CT molecular complexity index is 546. The molecule has 0 amide bonds. The molecule has 0 atom stereocenters. The first-order valence-electron chi connectivity index (χ1n) is 5.91. The first-order valence-corrected chi connectivity index (χ1v) is 5.91. The molecule has 0 unspecified atom stereocenters. The van der Waals surface area contributed by atoms with Gasteiger partial charge in [0.2, 0.25) is 0 Å². The predicted octanol–water partition coefficient (Wildman–Crippen LogP) is 2.82. The number of hydrogen-bond donors (Lipinski definition) is 2. The molecule has 0 aliphatic carbocycles. The fourth-order valence-corrected chi connectivity index (χ4v) is 1.76. The van der Waals surface area contributed by atoms with Crippen molar-refractivity contribution in [2.75, 3.05) is 5.32 Å². The van der Waals surface area contributed by atoms with E-state index in [1.807, 2.05) is 12.3 Å². The molecule has 2 N–H and O–H groups in total. The maximum absolute atomic E-state index is 10.8. The lowest BCUT2D eigenvalue weighted by molar-refractivity contribution is 0.0697. The van der Waals surface area contributed by atoms with E-state index < -0.39 is 5.97 Å². The molecule has 0 aliphatic rings. The van der Waals surface area contributed by atoms with Crippen LogP contribution in [-0.4, -0.2) is 15.6 Å². The van der Waals surface area contributed by atoms with E-state index in [1.165, 1.54) is 5.56 Å². The Balaban J connectivity index is 2.01. The SMILES string of the molecule is CCn1ccc(CNc2cccc(C(=O)O)c2)c1. The molecule has 0 aliphatic heterocycles. The average Bonchev–Trinajstić information content (AvgIpc) is 2.84. The predicted molar refractivity (Wildman–Crippen MR) is 70.8 cm³/mol. The number of benzene rings is 1. The molecular formula is C14H16N2O2. The van der Waals surface area contributed by atoms with Gasteiger partial charge in [-0.3, -0.25) is 0 Å². The zero-order valence-electron chi connectivity index (χ0n) is 10.3. The molecule has 0 bridgehead atoms. The van der Waals surface area contributed by atoms with Crippen molar-refractivity contribution in [1.29, 1.82) is 0 Å². The number of carboxylic acids is 1. The van der Waals surface area contributed by atoms with Crippen LogP contribution in [0, 0.1) is 0 Å². The van der Waals surface area contributed by atoms with E-state index in [4.69, 9.17) is 5.11 Å². The Morgan fingerprint density at radius 3 is 2.89 bits per heavy atom. The summed E-state index contributed by atoms with van der Waals surface area (Å²) in [6.07, 6.45) is 4.11. The first kappa shape index (κ1) is 12.2. The number of rotatable bonds is 5. The van der Waals surface area contributed by atoms with Crippen LogP contribution in [0.25, 0.3) is 0 Å². The minimum Gasteiger partial charge on any atom is -0.478 e. The fourth-order valence-electron chi connectivity index (χ4n) is 1.76. The van der Waals surface area contributed by atoms with E-state index in [0.717, 1.165) is 12.2 Å². The summed E-state index contributed by atoms with van der Waals surface area (Å²) in [7, 11) is 0. The second-order valence-corrected chi connectivity index (χ2v) is 4.09. The summed E-state index contributed by atoms with van der Waals surface area (Å²) in [4.78, 5) is 10.8. The molecule has 4 heteroatoms. The molecule has 0 fully saturated rings. The lowest BCUT2D eigenvalue weighted by Gasteiger charge is -2.05. The molecule has 2 rings (SSSR count). The van der Waals surface area contributed by atoms with Crippen LogP contribution in [0.4, 0.5) is 5.69 Å². The number of aryl methyl sites for hydroxylation is 1. The molecule has 0 spiro atoms.